The van der Waals surface area contributed by atoms with Crippen LogP contribution in [0.15, 0.2) is 18.2 Å². The summed E-state index contributed by atoms with van der Waals surface area (Å²) in [5.41, 5.74) is 0. The van der Waals surface area contributed by atoms with Crippen molar-refractivity contribution in [1.29, 1.82) is 0 Å². The zero-order chi connectivity index (χ0) is 15.4. The highest BCUT2D eigenvalue weighted by Crippen LogP contribution is 2.17. The molecule has 2 atom stereocenters. The van der Waals surface area contributed by atoms with E-state index in [1.165, 1.54) is 6.07 Å². The average molecular weight is 298 g/mol. The Morgan fingerprint density at radius 3 is 2.86 bits per heavy atom. The molecule has 0 saturated carbocycles. The van der Waals surface area contributed by atoms with Gasteiger partial charge in [-0.1, -0.05) is 0 Å². The Hall–Kier alpha value is -1.69. The van der Waals surface area contributed by atoms with E-state index in [4.69, 9.17) is 4.74 Å². The second-order valence-electron chi connectivity index (χ2n) is 5.36. The molecule has 1 heterocycles. The number of ether oxygens (including phenoxy) is 1. The van der Waals surface area contributed by atoms with Crippen LogP contribution in [0.1, 0.15) is 19.8 Å². The largest absolute Gasteiger partial charge is 0.481 e. The number of hydrogen-bond donors (Lipinski definition) is 1. The van der Waals surface area contributed by atoms with E-state index in [9.17, 15) is 13.6 Å². The van der Waals surface area contributed by atoms with Gasteiger partial charge in [-0.2, -0.15) is 0 Å². The summed E-state index contributed by atoms with van der Waals surface area (Å²) < 4.78 is 31.2. The predicted molar refractivity (Wildman–Crippen MR) is 75.1 cm³/mol. The lowest BCUT2D eigenvalue weighted by molar-refractivity contribution is -0.127. The summed E-state index contributed by atoms with van der Waals surface area (Å²) in [7, 11) is 2.03. The minimum Gasteiger partial charge on any atom is -0.481 e. The van der Waals surface area contributed by atoms with Crippen LogP contribution in [0, 0.1) is 11.6 Å². The number of rotatable bonds is 5. The maximum absolute atomic E-state index is 13.1. The average Bonchev–Trinajstić information content (AvgIpc) is 2.85. The van der Waals surface area contributed by atoms with Gasteiger partial charge < -0.3 is 15.0 Å². The summed E-state index contributed by atoms with van der Waals surface area (Å²) in [6.45, 7) is 3.19. The zero-order valence-electron chi connectivity index (χ0n) is 12.2. The van der Waals surface area contributed by atoms with Gasteiger partial charge in [-0.25, -0.2) is 8.78 Å². The Kier molecular flexibility index (Phi) is 5.12. The molecule has 0 unspecified atom stereocenters. The SMILES string of the molecule is C[C@H](Oc1ccc(F)c(F)c1)C(=O)NC[C@H]1CCCN1C. The van der Waals surface area contributed by atoms with Gasteiger partial charge in [-0.3, -0.25) is 4.79 Å². The number of nitrogens with zero attached hydrogens (tertiary/aromatic N) is 1. The van der Waals surface area contributed by atoms with Crippen molar-refractivity contribution in [2.75, 3.05) is 20.1 Å². The second kappa shape index (κ2) is 6.85. The van der Waals surface area contributed by atoms with E-state index in [1.807, 2.05) is 7.05 Å². The Labute approximate surface area is 123 Å². The third kappa shape index (κ3) is 4.14. The molecule has 1 N–H and O–H groups in total. The van der Waals surface area contributed by atoms with E-state index in [0.29, 0.717) is 12.6 Å². The molecule has 0 radical (unpaired) electrons. The Balaban J connectivity index is 1.83. The minimum atomic E-state index is -0.993. The van der Waals surface area contributed by atoms with Gasteiger partial charge in [-0.15, -0.1) is 0 Å². The highest BCUT2D eigenvalue weighted by atomic mass is 19.2. The Bertz CT molecular complexity index is 510. The highest BCUT2D eigenvalue weighted by Gasteiger charge is 2.23. The molecule has 21 heavy (non-hydrogen) atoms. The Morgan fingerprint density at radius 2 is 2.24 bits per heavy atom. The molecule has 0 bridgehead atoms. The van der Waals surface area contributed by atoms with Crippen molar-refractivity contribution in [3.05, 3.63) is 29.8 Å². The number of halogens is 2. The molecule has 1 fully saturated rings. The lowest BCUT2D eigenvalue weighted by atomic mass is 10.2. The van der Waals surface area contributed by atoms with Crippen LogP contribution in [0.3, 0.4) is 0 Å². The number of nitrogens with one attached hydrogen (secondary N) is 1. The lowest BCUT2D eigenvalue weighted by Crippen LogP contribution is -2.43. The zero-order valence-corrected chi connectivity index (χ0v) is 12.2. The van der Waals surface area contributed by atoms with Gasteiger partial charge in [0.25, 0.3) is 5.91 Å². The smallest absolute Gasteiger partial charge is 0.260 e. The molecule has 1 amide bonds. The maximum atomic E-state index is 13.1. The molecular formula is C15H20F2N2O2. The summed E-state index contributed by atoms with van der Waals surface area (Å²) in [6.07, 6.45) is 1.44. The van der Waals surface area contributed by atoms with Gasteiger partial charge in [0.2, 0.25) is 0 Å². The number of carbonyl (C=O) groups excluding carboxylic acids is 1. The van der Waals surface area contributed by atoms with Gasteiger partial charge in [-0.05, 0) is 45.5 Å². The van der Waals surface area contributed by atoms with Crippen molar-refractivity contribution >= 4 is 5.91 Å². The monoisotopic (exact) mass is 298 g/mol. The summed E-state index contributed by atoms with van der Waals surface area (Å²) in [4.78, 5) is 14.1. The molecule has 6 heteroatoms. The van der Waals surface area contributed by atoms with Crippen molar-refractivity contribution in [2.45, 2.75) is 31.9 Å². The van der Waals surface area contributed by atoms with Crippen LogP contribution in [0.2, 0.25) is 0 Å². The van der Waals surface area contributed by atoms with Crippen LogP contribution in [0.25, 0.3) is 0 Å². The molecule has 1 aliphatic heterocycles. The molecule has 4 nitrogen and oxygen atoms in total. The number of likely N-dealkylation sites (N-methyl/N-ethyl adjacent to an activating group) is 1. The first kappa shape index (κ1) is 15.7. The molecular weight excluding hydrogens is 278 g/mol. The molecule has 116 valence electrons. The van der Waals surface area contributed by atoms with Crippen molar-refractivity contribution in [1.82, 2.24) is 10.2 Å². The molecule has 0 aliphatic carbocycles. The number of hydrogen-bond acceptors (Lipinski definition) is 3. The van der Waals surface area contributed by atoms with Crippen molar-refractivity contribution in [3.63, 3.8) is 0 Å². The van der Waals surface area contributed by atoms with Gasteiger partial charge in [0.15, 0.2) is 17.7 Å². The number of likely N-dealkylation sites (tertiary alicyclic amines) is 1. The van der Waals surface area contributed by atoms with Gasteiger partial charge in [0, 0.05) is 18.7 Å². The van der Waals surface area contributed by atoms with Gasteiger partial charge >= 0.3 is 0 Å². The molecule has 1 saturated heterocycles. The maximum Gasteiger partial charge on any atom is 0.260 e. The summed E-state index contributed by atoms with van der Waals surface area (Å²) in [5, 5.41) is 2.83. The van der Waals surface area contributed by atoms with Crippen LogP contribution in [0.4, 0.5) is 8.78 Å². The van der Waals surface area contributed by atoms with E-state index < -0.39 is 17.7 Å². The van der Waals surface area contributed by atoms with E-state index in [-0.39, 0.29) is 11.7 Å². The van der Waals surface area contributed by atoms with Gasteiger partial charge in [0.05, 0.1) is 0 Å². The Morgan fingerprint density at radius 1 is 1.48 bits per heavy atom. The van der Waals surface area contributed by atoms with Crippen LogP contribution in [-0.2, 0) is 4.79 Å². The van der Waals surface area contributed by atoms with Crippen molar-refractivity contribution in [2.24, 2.45) is 0 Å². The lowest BCUT2D eigenvalue weighted by Gasteiger charge is -2.21. The molecule has 0 spiro atoms. The normalized spacial score (nSPS) is 20.3. The quantitative estimate of drug-likeness (QED) is 0.903. The first-order valence-corrected chi connectivity index (χ1v) is 7.07. The van der Waals surface area contributed by atoms with Crippen LogP contribution in [0.5, 0.6) is 5.75 Å². The third-order valence-corrected chi connectivity index (χ3v) is 3.76. The van der Waals surface area contributed by atoms with E-state index in [2.05, 4.69) is 10.2 Å². The predicted octanol–water partition coefficient (Wildman–Crippen LogP) is 1.94. The van der Waals surface area contributed by atoms with E-state index in [0.717, 1.165) is 31.5 Å². The van der Waals surface area contributed by atoms with E-state index >= 15 is 0 Å². The van der Waals surface area contributed by atoms with Crippen molar-refractivity contribution < 1.29 is 18.3 Å². The van der Waals surface area contributed by atoms with Crippen LogP contribution in [-0.4, -0.2) is 43.1 Å². The van der Waals surface area contributed by atoms with E-state index in [1.54, 1.807) is 6.92 Å². The summed E-state index contributed by atoms with van der Waals surface area (Å²) in [5.74, 6) is -2.06. The van der Waals surface area contributed by atoms with Crippen LogP contribution >= 0.6 is 0 Å². The number of carbonyl (C=O) groups is 1. The third-order valence-electron chi connectivity index (χ3n) is 3.76. The molecule has 0 aromatic heterocycles. The fraction of sp³-hybridized carbons (Fsp3) is 0.533. The van der Waals surface area contributed by atoms with Crippen LogP contribution < -0.4 is 10.1 Å². The second-order valence-corrected chi connectivity index (χ2v) is 5.36. The number of benzene rings is 1. The fourth-order valence-electron chi connectivity index (χ4n) is 2.41. The van der Waals surface area contributed by atoms with Crippen molar-refractivity contribution in [3.8, 4) is 5.75 Å². The summed E-state index contributed by atoms with van der Waals surface area (Å²) >= 11 is 0. The number of amides is 1. The fourth-order valence-corrected chi connectivity index (χ4v) is 2.41. The standard InChI is InChI=1S/C15H20F2N2O2/c1-10(21-12-5-6-13(16)14(17)8-12)15(20)18-9-11-4-3-7-19(11)2/h5-6,8,10-11H,3-4,7,9H2,1-2H3,(H,18,20)/t10-,11+/m0/s1. The first-order chi connectivity index (χ1) is 9.97. The van der Waals surface area contributed by atoms with Gasteiger partial charge in [0.1, 0.15) is 5.75 Å². The minimum absolute atomic E-state index is 0.134. The molecule has 1 aromatic carbocycles. The molecule has 2 rings (SSSR count). The molecule has 1 aliphatic rings. The molecule has 1 aromatic rings. The summed E-state index contributed by atoms with van der Waals surface area (Å²) in [6, 6.07) is 3.56. The first-order valence-electron chi connectivity index (χ1n) is 7.07. The topological polar surface area (TPSA) is 41.6 Å². The highest BCUT2D eigenvalue weighted by molar-refractivity contribution is 5.80.